The van der Waals surface area contributed by atoms with Crippen molar-refractivity contribution in [3.63, 3.8) is 0 Å². The molecule has 0 aliphatic rings. The highest BCUT2D eigenvalue weighted by Crippen LogP contribution is 2.03. The molecule has 0 aliphatic carbocycles. The third-order valence-electron chi connectivity index (χ3n) is 1.98. The van der Waals surface area contributed by atoms with Crippen LogP contribution in [0.1, 0.15) is 13.8 Å². The van der Waals surface area contributed by atoms with E-state index in [0.29, 0.717) is 12.2 Å². The van der Waals surface area contributed by atoms with Crippen molar-refractivity contribution in [1.29, 1.82) is 0 Å². The van der Waals surface area contributed by atoms with E-state index in [1.807, 2.05) is 0 Å². The van der Waals surface area contributed by atoms with Crippen molar-refractivity contribution in [3.05, 3.63) is 12.4 Å². The second kappa shape index (κ2) is 4.00. The molecule has 80 valence electrons. The van der Waals surface area contributed by atoms with Crippen LogP contribution in [0.2, 0.25) is 0 Å². The molecule has 0 aliphatic heterocycles. The summed E-state index contributed by atoms with van der Waals surface area (Å²) in [6.45, 7) is 3.71. The van der Waals surface area contributed by atoms with Crippen LogP contribution in [0.5, 0.6) is 0 Å². The van der Waals surface area contributed by atoms with Gasteiger partial charge in [0, 0.05) is 6.20 Å². The van der Waals surface area contributed by atoms with E-state index in [1.54, 1.807) is 20.0 Å². The van der Waals surface area contributed by atoms with E-state index < -0.39 is 9.84 Å². The van der Waals surface area contributed by atoms with E-state index in [0.717, 1.165) is 0 Å². The van der Waals surface area contributed by atoms with Crippen molar-refractivity contribution >= 4 is 15.5 Å². The minimum absolute atomic E-state index is 0.103. The van der Waals surface area contributed by atoms with Crippen LogP contribution < -0.4 is 5.73 Å². The lowest BCUT2D eigenvalue weighted by Gasteiger charge is -2.06. The Kier molecular flexibility index (Phi) is 3.15. The van der Waals surface area contributed by atoms with E-state index in [2.05, 4.69) is 5.10 Å². The summed E-state index contributed by atoms with van der Waals surface area (Å²) < 4.78 is 24.4. The minimum Gasteiger partial charge on any atom is -0.396 e. The van der Waals surface area contributed by atoms with Gasteiger partial charge in [-0.25, -0.2) is 8.42 Å². The Morgan fingerprint density at radius 3 is 2.64 bits per heavy atom. The molecule has 14 heavy (non-hydrogen) atoms. The zero-order chi connectivity index (χ0) is 10.8. The molecule has 0 saturated carbocycles. The van der Waals surface area contributed by atoms with Gasteiger partial charge in [-0.3, -0.25) is 4.68 Å². The van der Waals surface area contributed by atoms with Gasteiger partial charge in [-0.2, -0.15) is 5.10 Å². The average molecular weight is 217 g/mol. The highest BCUT2D eigenvalue weighted by atomic mass is 32.2. The number of nitrogens with zero attached hydrogens (tertiary/aromatic N) is 2. The Balaban J connectivity index is 2.57. The lowest BCUT2D eigenvalue weighted by molar-refractivity contribution is 0.573. The Hall–Kier alpha value is -1.04. The molecular formula is C8H15N3O2S. The third kappa shape index (κ3) is 2.73. The monoisotopic (exact) mass is 217 g/mol. The van der Waals surface area contributed by atoms with Gasteiger partial charge < -0.3 is 5.73 Å². The first-order valence-corrected chi connectivity index (χ1v) is 6.13. The molecule has 0 radical (unpaired) electrons. The first kappa shape index (κ1) is 11.0. The molecular weight excluding hydrogens is 202 g/mol. The van der Waals surface area contributed by atoms with Crippen molar-refractivity contribution in [2.75, 3.05) is 11.5 Å². The number of aryl methyl sites for hydroxylation is 1. The van der Waals surface area contributed by atoms with Crippen LogP contribution in [0, 0.1) is 0 Å². The molecule has 0 saturated heterocycles. The van der Waals surface area contributed by atoms with Gasteiger partial charge in [0.25, 0.3) is 0 Å². The van der Waals surface area contributed by atoms with Gasteiger partial charge in [0.15, 0.2) is 9.84 Å². The molecule has 0 aromatic carbocycles. The number of rotatable bonds is 4. The van der Waals surface area contributed by atoms with Crippen LogP contribution in [0.3, 0.4) is 0 Å². The molecule has 0 bridgehead atoms. The summed E-state index contributed by atoms with van der Waals surface area (Å²) in [5.74, 6) is 0.103. The number of hydrogen-bond donors (Lipinski definition) is 1. The van der Waals surface area contributed by atoms with Crippen molar-refractivity contribution in [1.82, 2.24) is 9.78 Å². The second-order valence-corrected chi connectivity index (χ2v) is 6.13. The van der Waals surface area contributed by atoms with Gasteiger partial charge in [-0.15, -0.1) is 0 Å². The highest BCUT2D eigenvalue weighted by molar-refractivity contribution is 7.91. The van der Waals surface area contributed by atoms with E-state index >= 15 is 0 Å². The predicted octanol–water partition coefficient (Wildman–Crippen LogP) is 0.288. The maximum absolute atomic E-state index is 11.4. The van der Waals surface area contributed by atoms with Crippen LogP contribution in [0.25, 0.3) is 0 Å². The van der Waals surface area contributed by atoms with E-state index in [-0.39, 0.29) is 11.0 Å². The topological polar surface area (TPSA) is 78.0 Å². The standard InChI is InChI=1S/C8H15N3O2S/c1-7(2)14(12,13)4-3-11-6-8(9)5-10-11/h5-7H,3-4,9H2,1-2H3. The molecule has 1 heterocycles. The molecule has 5 nitrogen and oxygen atoms in total. The van der Waals surface area contributed by atoms with Gasteiger partial charge in [0.1, 0.15) is 0 Å². The molecule has 1 aromatic heterocycles. The Bertz CT molecular complexity index is 394. The maximum Gasteiger partial charge on any atom is 0.154 e. The van der Waals surface area contributed by atoms with Gasteiger partial charge >= 0.3 is 0 Å². The number of sulfone groups is 1. The molecule has 1 aromatic rings. The molecule has 0 fully saturated rings. The Morgan fingerprint density at radius 1 is 1.57 bits per heavy atom. The second-order valence-electron chi connectivity index (χ2n) is 3.45. The highest BCUT2D eigenvalue weighted by Gasteiger charge is 2.15. The van der Waals surface area contributed by atoms with Crippen molar-refractivity contribution in [2.24, 2.45) is 0 Å². The number of nitrogens with two attached hydrogens (primary N) is 1. The van der Waals surface area contributed by atoms with Gasteiger partial charge in [-0.1, -0.05) is 0 Å². The van der Waals surface area contributed by atoms with Crippen LogP contribution in [0.4, 0.5) is 5.69 Å². The largest absolute Gasteiger partial charge is 0.396 e. The first-order valence-electron chi connectivity index (χ1n) is 4.41. The summed E-state index contributed by atoms with van der Waals surface area (Å²) >= 11 is 0. The first-order chi connectivity index (χ1) is 6.42. The lowest BCUT2D eigenvalue weighted by atomic mass is 10.6. The van der Waals surface area contributed by atoms with Crippen LogP contribution in [0.15, 0.2) is 12.4 Å². The van der Waals surface area contributed by atoms with Crippen LogP contribution in [-0.2, 0) is 16.4 Å². The molecule has 0 atom stereocenters. The van der Waals surface area contributed by atoms with Crippen LogP contribution in [-0.4, -0.2) is 29.2 Å². The Labute approximate surface area is 83.8 Å². The molecule has 0 spiro atoms. The zero-order valence-electron chi connectivity index (χ0n) is 8.34. The summed E-state index contributed by atoms with van der Waals surface area (Å²) in [7, 11) is -2.99. The zero-order valence-corrected chi connectivity index (χ0v) is 9.16. The number of anilines is 1. The number of nitrogen functional groups attached to an aromatic ring is 1. The average Bonchev–Trinajstić information content (AvgIpc) is 2.48. The van der Waals surface area contributed by atoms with E-state index in [1.165, 1.54) is 10.9 Å². The summed E-state index contributed by atoms with van der Waals surface area (Å²) in [5.41, 5.74) is 5.99. The molecule has 0 unspecified atom stereocenters. The van der Waals surface area contributed by atoms with Crippen LogP contribution >= 0.6 is 0 Å². The molecule has 6 heteroatoms. The van der Waals surface area contributed by atoms with Gasteiger partial charge in [-0.05, 0) is 13.8 Å². The van der Waals surface area contributed by atoms with Crippen molar-refractivity contribution in [3.8, 4) is 0 Å². The quantitative estimate of drug-likeness (QED) is 0.786. The summed E-state index contributed by atoms with van der Waals surface area (Å²) in [4.78, 5) is 0. The fourth-order valence-corrected chi connectivity index (χ4v) is 1.87. The molecule has 2 N–H and O–H groups in total. The summed E-state index contributed by atoms with van der Waals surface area (Å²) in [6, 6.07) is 0. The third-order valence-corrected chi connectivity index (χ3v) is 4.16. The van der Waals surface area contributed by atoms with Crippen molar-refractivity contribution < 1.29 is 8.42 Å². The summed E-state index contributed by atoms with van der Waals surface area (Å²) in [5, 5.41) is 3.57. The van der Waals surface area contributed by atoms with Gasteiger partial charge in [0.2, 0.25) is 0 Å². The number of hydrogen-bond acceptors (Lipinski definition) is 4. The predicted molar refractivity (Wildman–Crippen MR) is 55.6 cm³/mol. The minimum atomic E-state index is -2.99. The van der Waals surface area contributed by atoms with Crippen molar-refractivity contribution in [2.45, 2.75) is 25.6 Å². The lowest BCUT2D eigenvalue weighted by Crippen LogP contribution is -2.21. The normalized spacial score (nSPS) is 12.2. The maximum atomic E-state index is 11.4. The smallest absolute Gasteiger partial charge is 0.154 e. The fourth-order valence-electron chi connectivity index (χ4n) is 0.958. The fraction of sp³-hybridized carbons (Fsp3) is 0.625. The molecule has 1 rings (SSSR count). The Morgan fingerprint density at radius 2 is 2.21 bits per heavy atom. The molecule has 0 amide bonds. The van der Waals surface area contributed by atoms with E-state index in [4.69, 9.17) is 5.73 Å². The van der Waals surface area contributed by atoms with Gasteiger partial charge in [0.05, 0.1) is 29.4 Å². The summed E-state index contributed by atoms with van der Waals surface area (Å²) in [6.07, 6.45) is 3.12. The number of aromatic nitrogens is 2. The SMILES string of the molecule is CC(C)S(=O)(=O)CCn1cc(N)cn1. The van der Waals surface area contributed by atoms with E-state index in [9.17, 15) is 8.42 Å².